The quantitative estimate of drug-likeness (QED) is 0.853. The van der Waals surface area contributed by atoms with E-state index in [4.69, 9.17) is 0 Å². The van der Waals surface area contributed by atoms with E-state index in [1.54, 1.807) is 0 Å². The molecule has 0 spiro atoms. The van der Waals surface area contributed by atoms with Crippen LogP contribution in [-0.4, -0.2) is 5.91 Å². The molecule has 85 valence electrons. The Bertz CT molecular complexity index is 488. The lowest BCUT2D eigenvalue weighted by Gasteiger charge is -2.04. The van der Waals surface area contributed by atoms with Crippen LogP contribution in [0.1, 0.15) is 12.5 Å². The molecule has 0 aliphatic rings. The third-order valence-corrected chi connectivity index (χ3v) is 2.51. The van der Waals surface area contributed by atoms with Crippen LogP contribution in [0, 0.1) is 6.07 Å². The monoisotopic (exact) mass is 224 g/mol. The molecule has 1 radical (unpaired) electrons. The lowest BCUT2D eigenvalue weighted by atomic mass is 10.0. The minimum absolute atomic E-state index is 0.0227. The van der Waals surface area contributed by atoms with Gasteiger partial charge in [-0.1, -0.05) is 42.5 Å². The normalized spacial score (nSPS) is 9.94. The summed E-state index contributed by atoms with van der Waals surface area (Å²) in [5, 5.41) is 2.75. The summed E-state index contributed by atoms with van der Waals surface area (Å²) in [6, 6.07) is 19.3. The van der Waals surface area contributed by atoms with Crippen LogP contribution in [0.4, 0.5) is 0 Å². The average Bonchev–Trinajstić information content (AvgIpc) is 2.38. The highest BCUT2D eigenvalue weighted by Gasteiger charge is 1.98. The SMILES string of the molecule is CC(=O)NCc1[c]cc(-c2ccccc2)cc1. The highest BCUT2D eigenvalue weighted by molar-refractivity contribution is 5.72. The Kier molecular flexibility index (Phi) is 3.55. The maximum absolute atomic E-state index is 10.8. The molecule has 2 aromatic rings. The molecule has 0 aromatic heterocycles. The topological polar surface area (TPSA) is 29.1 Å². The molecule has 0 bridgehead atoms. The van der Waals surface area contributed by atoms with Crippen molar-refractivity contribution in [1.29, 1.82) is 0 Å². The molecule has 2 rings (SSSR count). The minimum Gasteiger partial charge on any atom is -0.352 e. The van der Waals surface area contributed by atoms with Crippen molar-refractivity contribution in [3.8, 4) is 11.1 Å². The van der Waals surface area contributed by atoms with E-state index in [-0.39, 0.29) is 5.91 Å². The van der Waals surface area contributed by atoms with Crippen LogP contribution < -0.4 is 5.32 Å². The zero-order valence-electron chi connectivity index (χ0n) is 9.73. The third kappa shape index (κ3) is 3.18. The van der Waals surface area contributed by atoms with Crippen molar-refractivity contribution < 1.29 is 4.79 Å². The van der Waals surface area contributed by atoms with Gasteiger partial charge in [-0.2, -0.15) is 0 Å². The van der Waals surface area contributed by atoms with Gasteiger partial charge in [-0.25, -0.2) is 0 Å². The van der Waals surface area contributed by atoms with E-state index >= 15 is 0 Å². The van der Waals surface area contributed by atoms with E-state index in [1.807, 2.05) is 36.4 Å². The first-order chi connectivity index (χ1) is 8.25. The predicted octanol–water partition coefficient (Wildman–Crippen LogP) is 2.79. The van der Waals surface area contributed by atoms with Gasteiger partial charge in [-0.05, 0) is 28.8 Å². The molecular weight excluding hydrogens is 210 g/mol. The molecule has 2 heteroatoms. The van der Waals surface area contributed by atoms with Gasteiger partial charge in [0.05, 0.1) is 0 Å². The summed E-state index contributed by atoms with van der Waals surface area (Å²) in [6.45, 7) is 2.04. The van der Waals surface area contributed by atoms with Gasteiger partial charge in [0.2, 0.25) is 5.91 Å². The van der Waals surface area contributed by atoms with Crippen LogP contribution in [0.15, 0.2) is 48.5 Å². The Morgan fingerprint density at radius 2 is 1.88 bits per heavy atom. The van der Waals surface area contributed by atoms with Gasteiger partial charge in [0, 0.05) is 13.5 Å². The highest BCUT2D eigenvalue weighted by Crippen LogP contribution is 2.18. The summed E-state index contributed by atoms with van der Waals surface area (Å²) in [6.07, 6.45) is 0. The minimum atomic E-state index is -0.0227. The van der Waals surface area contributed by atoms with Crippen molar-refractivity contribution in [2.24, 2.45) is 0 Å². The Morgan fingerprint density at radius 3 is 2.47 bits per heavy atom. The number of benzene rings is 2. The molecule has 0 saturated heterocycles. The van der Waals surface area contributed by atoms with Crippen molar-refractivity contribution in [2.75, 3.05) is 0 Å². The molecule has 0 atom stereocenters. The Labute approximate surface area is 101 Å². The van der Waals surface area contributed by atoms with Crippen LogP contribution >= 0.6 is 0 Å². The molecule has 1 amide bonds. The largest absolute Gasteiger partial charge is 0.352 e. The van der Waals surface area contributed by atoms with E-state index in [2.05, 4.69) is 23.5 Å². The van der Waals surface area contributed by atoms with E-state index in [0.29, 0.717) is 6.54 Å². The summed E-state index contributed by atoms with van der Waals surface area (Å²) in [4.78, 5) is 10.8. The third-order valence-electron chi connectivity index (χ3n) is 2.51. The number of hydrogen-bond acceptors (Lipinski definition) is 1. The van der Waals surface area contributed by atoms with Crippen LogP contribution in [0.5, 0.6) is 0 Å². The Balaban J connectivity index is 2.11. The summed E-state index contributed by atoms with van der Waals surface area (Å²) >= 11 is 0. The lowest BCUT2D eigenvalue weighted by molar-refractivity contribution is -0.119. The van der Waals surface area contributed by atoms with Gasteiger partial charge >= 0.3 is 0 Å². The fraction of sp³-hybridized carbons (Fsp3) is 0.133. The summed E-state index contributed by atoms with van der Waals surface area (Å²) in [5.74, 6) is -0.0227. The Morgan fingerprint density at radius 1 is 1.12 bits per heavy atom. The second kappa shape index (κ2) is 5.30. The first kappa shape index (κ1) is 11.4. The fourth-order valence-electron chi connectivity index (χ4n) is 1.60. The maximum atomic E-state index is 10.8. The van der Waals surface area contributed by atoms with Crippen LogP contribution in [0.3, 0.4) is 0 Å². The standard InChI is InChI=1S/C15H14NO/c1-12(17)16-11-13-7-9-15(10-8-13)14-5-3-2-4-6-14/h2-7,9-10H,11H2,1H3,(H,16,17). The van der Waals surface area contributed by atoms with Crippen molar-refractivity contribution in [3.63, 3.8) is 0 Å². The Hall–Kier alpha value is -2.09. The van der Waals surface area contributed by atoms with Gasteiger partial charge in [-0.3, -0.25) is 4.79 Å². The summed E-state index contributed by atoms with van der Waals surface area (Å²) < 4.78 is 0. The van der Waals surface area contributed by atoms with Gasteiger partial charge in [0.15, 0.2) is 0 Å². The number of nitrogens with one attached hydrogen (secondary N) is 1. The van der Waals surface area contributed by atoms with Crippen LogP contribution in [0.2, 0.25) is 0 Å². The molecule has 0 aliphatic heterocycles. The molecule has 0 fully saturated rings. The lowest BCUT2D eigenvalue weighted by Crippen LogP contribution is -2.18. The molecule has 0 heterocycles. The molecule has 1 N–H and O–H groups in total. The first-order valence-corrected chi connectivity index (χ1v) is 5.56. The van der Waals surface area contributed by atoms with Gasteiger partial charge in [-0.15, -0.1) is 0 Å². The molecular formula is C15H14NO. The summed E-state index contributed by atoms with van der Waals surface area (Å²) in [7, 11) is 0. The molecule has 0 unspecified atom stereocenters. The first-order valence-electron chi connectivity index (χ1n) is 5.56. The zero-order valence-corrected chi connectivity index (χ0v) is 9.73. The number of carbonyl (C=O) groups is 1. The summed E-state index contributed by atoms with van der Waals surface area (Å²) in [5.41, 5.74) is 3.30. The average molecular weight is 224 g/mol. The van der Waals surface area contributed by atoms with Crippen molar-refractivity contribution in [3.05, 3.63) is 60.2 Å². The number of carbonyl (C=O) groups excluding carboxylic acids is 1. The van der Waals surface area contributed by atoms with Gasteiger partial charge in [0.25, 0.3) is 0 Å². The van der Waals surface area contributed by atoms with E-state index < -0.39 is 0 Å². The van der Waals surface area contributed by atoms with E-state index in [1.165, 1.54) is 12.5 Å². The second-order valence-electron chi connectivity index (χ2n) is 3.88. The van der Waals surface area contributed by atoms with Crippen molar-refractivity contribution in [2.45, 2.75) is 13.5 Å². The molecule has 17 heavy (non-hydrogen) atoms. The smallest absolute Gasteiger partial charge is 0.217 e. The number of hydrogen-bond donors (Lipinski definition) is 1. The predicted molar refractivity (Wildman–Crippen MR) is 68.2 cm³/mol. The molecule has 0 aliphatic carbocycles. The van der Waals surface area contributed by atoms with Crippen LogP contribution in [-0.2, 0) is 11.3 Å². The van der Waals surface area contributed by atoms with E-state index in [0.717, 1.165) is 11.1 Å². The maximum Gasteiger partial charge on any atom is 0.217 e. The second-order valence-corrected chi connectivity index (χ2v) is 3.88. The number of rotatable bonds is 3. The fourth-order valence-corrected chi connectivity index (χ4v) is 1.60. The molecule has 0 saturated carbocycles. The number of amides is 1. The highest BCUT2D eigenvalue weighted by atomic mass is 16.1. The van der Waals surface area contributed by atoms with Crippen molar-refractivity contribution >= 4 is 5.91 Å². The van der Waals surface area contributed by atoms with Gasteiger partial charge < -0.3 is 5.32 Å². The molecule has 2 nitrogen and oxygen atoms in total. The van der Waals surface area contributed by atoms with Crippen molar-refractivity contribution in [1.82, 2.24) is 5.32 Å². The van der Waals surface area contributed by atoms with Gasteiger partial charge in [0.1, 0.15) is 0 Å². The molecule has 2 aromatic carbocycles. The van der Waals surface area contributed by atoms with Crippen LogP contribution in [0.25, 0.3) is 11.1 Å². The van der Waals surface area contributed by atoms with E-state index in [9.17, 15) is 4.79 Å². The zero-order chi connectivity index (χ0) is 12.1.